The van der Waals surface area contributed by atoms with Gasteiger partial charge >= 0.3 is 0 Å². The van der Waals surface area contributed by atoms with E-state index in [1.807, 2.05) is 18.2 Å². The van der Waals surface area contributed by atoms with Gasteiger partial charge in [0.15, 0.2) is 9.84 Å². The summed E-state index contributed by atoms with van der Waals surface area (Å²) in [5.74, 6) is 0.535. The van der Waals surface area contributed by atoms with Crippen molar-refractivity contribution in [2.24, 2.45) is 5.92 Å². The van der Waals surface area contributed by atoms with Crippen molar-refractivity contribution in [3.63, 3.8) is 0 Å². The molecule has 0 aromatic heterocycles. The first-order valence-electron chi connectivity index (χ1n) is 6.48. The summed E-state index contributed by atoms with van der Waals surface area (Å²) >= 11 is 0. The molecule has 1 aromatic rings. The van der Waals surface area contributed by atoms with Gasteiger partial charge in [-0.1, -0.05) is 25.1 Å². The molecule has 1 rings (SSSR count). The molecule has 0 spiro atoms. The third kappa shape index (κ3) is 5.17. The van der Waals surface area contributed by atoms with Crippen molar-refractivity contribution in [2.75, 3.05) is 6.26 Å². The minimum absolute atomic E-state index is 0.365. The summed E-state index contributed by atoms with van der Waals surface area (Å²) in [5.41, 5.74) is 1.09. The maximum absolute atomic E-state index is 11.3. The van der Waals surface area contributed by atoms with Crippen LogP contribution in [0.1, 0.15) is 25.8 Å². The van der Waals surface area contributed by atoms with Gasteiger partial charge in [0.25, 0.3) is 0 Å². The summed E-state index contributed by atoms with van der Waals surface area (Å²) in [4.78, 5) is 0.365. The summed E-state index contributed by atoms with van der Waals surface area (Å²) in [6, 6.07) is 7.42. The monoisotopic (exact) mass is 281 g/mol. The normalized spacial score (nSPS) is 14.9. The van der Waals surface area contributed by atoms with Gasteiger partial charge in [0.1, 0.15) is 0 Å². The molecule has 2 atom stereocenters. The zero-order valence-corrected chi connectivity index (χ0v) is 12.7. The molecule has 0 fully saturated rings. The third-order valence-corrected chi connectivity index (χ3v) is 4.50. The Labute approximate surface area is 116 Å². The molecule has 106 valence electrons. The van der Waals surface area contributed by atoms with E-state index >= 15 is 0 Å². The number of rotatable bonds is 7. The van der Waals surface area contributed by atoms with E-state index in [2.05, 4.69) is 25.7 Å². The van der Waals surface area contributed by atoms with E-state index in [-0.39, 0.29) is 0 Å². The van der Waals surface area contributed by atoms with E-state index in [0.29, 0.717) is 16.9 Å². The highest BCUT2D eigenvalue weighted by Crippen LogP contribution is 2.12. The molecule has 0 radical (unpaired) electrons. The second-order valence-electron chi connectivity index (χ2n) is 5.09. The SMILES string of the molecule is C=CC[C@H](C)[C@@H](C)NCc1ccc(S(C)(=O)=O)cc1. The predicted molar refractivity (Wildman–Crippen MR) is 79.8 cm³/mol. The minimum atomic E-state index is -3.10. The van der Waals surface area contributed by atoms with Crippen LogP contribution in [0.15, 0.2) is 41.8 Å². The summed E-state index contributed by atoms with van der Waals surface area (Å²) in [6.45, 7) is 8.83. The van der Waals surface area contributed by atoms with E-state index in [4.69, 9.17) is 0 Å². The van der Waals surface area contributed by atoms with Crippen LogP contribution >= 0.6 is 0 Å². The lowest BCUT2D eigenvalue weighted by molar-refractivity contribution is 0.402. The molecule has 1 N–H and O–H groups in total. The maximum atomic E-state index is 11.3. The van der Waals surface area contributed by atoms with Crippen molar-refractivity contribution in [1.29, 1.82) is 0 Å². The third-order valence-electron chi connectivity index (χ3n) is 3.37. The van der Waals surface area contributed by atoms with Crippen LogP contribution in [0, 0.1) is 5.92 Å². The highest BCUT2D eigenvalue weighted by atomic mass is 32.2. The first kappa shape index (κ1) is 15.9. The molecule has 4 heteroatoms. The smallest absolute Gasteiger partial charge is 0.175 e. The molecular weight excluding hydrogens is 258 g/mol. The number of allylic oxidation sites excluding steroid dienone is 1. The van der Waals surface area contributed by atoms with Crippen LogP contribution in [0.25, 0.3) is 0 Å². The van der Waals surface area contributed by atoms with Crippen molar-refractivity contribution >= 4 is 9.84 Å². The van der Waals surface area contributed by atoms with Crippen LogP contribution in [0.3, 0.4) is 0 Å². The summed E-state index contributed by atoms with van der Waals surface area (Å²) in [5, 5.41) is 3.44. The number of benzene rings is 1. The topological polar surface area (TPSA) is 46.2 Å². The lowest BCUT2D eigenvalue weighted by atomic mass is 10.00. The molecule has 0 bridgehead atoms. The molecule has 19 heavy (non-hydrogen) atoms. The van der Waals surface area contributed by atoms with Gasteiger partial charge in [-0.25, -0.2) is 8.42 Å². The summed E-state index contributed by atoms with van der Waals surface area (Å²) in [6.07, 6.45) is 4.14. The number of sulfone groups is 1. The van der Waals surface area contributed by atoms with Crippen LogP contribution in [0.4, 0.5) is 0 Å². The highest BCUT2D eigenvalue weighted by molar-refractivity contribution is 7.90. The maximum Gasteiger partial charge on any atom is 0.175 e. The quantitative estimate of drug-likeness (QED) is 0.782. The van der Waals surface area contributed by atoms with E-state index in [9.17, 15) is 8.42 Å². The minimum Gasteiger partial charge on any atom is -0.310 e. The molecule has 0 amide bonds. The van der Waals surface area contributed by atoms with Gasteiger partial charge < -0.3 is 5.32 Å². The van der Waals surface area contributed by atoms with Gasteiger partial charge in [0.2, 0.25) is 0 Å². The highest BCUT2D eigenvalue weighted by Gasteiger charge is 2.10. The van der Waals surface area contributed by atoms with Crippen molar-refractivity contribution in [2.45, 2.75) is 37.8 Å². The Hall–Kier alpha value is -1.13. The second-order valence-corrected chi connectivity index (χ2v) is 7.10. The van der Waals surface area contributed by atoms with E-state index in [0.717, 1.165) is 18.5 Å². The first-order chi connectivity index (χ1) is 8.84. The van der Waals surface area contributed by atoms with Gasteiger partial charge in [-0.2, -0.15) is 0 Å². The second kappa shape index (κ2) is 6.87. The zero-order chi connectivity index (χ0) is 14.5. The summed E-state index contributed by atoms with van der Waals surface area (Å²) < 4.78 is 22.7. The van der Waals surface area contributed by atoms with Crippen molar-refractivity contribution in [1.82, 2.24) is 5.32 Å². The fourth-order valence-corrected chi connectivity index (χ4v) is 2.43. The molecule has 0 saturated heterocycles. The molecule has 0 aliphatic heterocycles. The number of hydrogen-bond acceptors (Lipinski definition) is 3. The fraction of sp³-hybridized carbons (Fsp3) is 0.467. The van der Waals surface area contributed by atoms with Gasteiger partial charge in [-0.15, -0.1) is 6.58 Å². The average Bonchev–Trinajstić information content (AvgIpc) is 2.35. The van der Waals surface area contributed by atoms with Crippen molar-refractivity contribution < 1.29 is 8.42 Å². The van der Waals surface area contributed by atoms with Crippen molar-refractivity contribution in [3.05, 3.63) is 42.5 Å². The molecule has 3 nitrogen and oxygen atoms in total. The standard InChI is InChI=1S/C15H23NO2S/c1-5-6-12(2)13(3)16-11-14-7-9-15(10-8-14)19(4,17)18/h5,7-10,12-13,16H,1,6,11H2,2-4H3/t12-,13+/m0/s1. The lowest BCUT2D eigenvalue weighted by Crippen LogP contribution is -2.31. The Balaban J connectivity index is 2.57. The van der Waals surface area contributed by atoms with Gasteiger partial charge in [0, 0.05) is 18.8 Å². The zero-order valence-electron chi connectivity index (χ0n) is 11.9. The molecule has 0 unspecified atom stereocenters. The van der Waals surface area contributed by atoms with Crippen molar-refractivity contribution in [3.8, 4) is 0 Å². The Kier molecular flexibility index (Phi) is 5.76. The Morgan fingerprint density at radius 2 is 1.84 bits per heavy atom. The number of hydrogen-bond donors (Lipinski definition) is 1. The lowest BCUT2D eigenvalue weighted by Gasteiger charge is -2.20. The Morgan fingerprint density at radius 1 is 1.26 bits per heavy atom. The largest absolute Gasteiger partial charge is 0.310 e. The van der Waals surface area contributed by atoms with E-state index < -0.39 is 9.84 Å². The van der Waals surface area contributed by atoms with Gasteiger partial charge in [0.05, 0.1) is 4.90 Å². The van der Waals surface area contributed by atoms with Crippen LogP contribution in [0.2, 0.25) is 0 Å². The molecule has 0 heterocycles. The molecule has 0 aliphatic carbocycles. The first-order valence-corrected chi connectivity index (χ1v) is 8.37. The van der Waals surface area contributed by atoms with Crippen LogP contribution in [-0.4, -0.2) is 20.7 Å². The fourth-order valence-electron chi connectivity index (χ4n) is 1.80. The molecule has 1 aromatic carbocycles. The molecule has 0 aliphatic rings. The van der Waals surface area contributed by atoms with Crippen LogP contribution in [-0.2, 0) is 16.4 Å². The van der Waals surface area contributed by atoms with Crippen LogP contribution < -0.4 is 5.32 Å². The van der Waals surface area contributed by atoms with Gasteiger partial charge in [-0.3, -0.25) is 0 Å². The Bertz CT molecular complexity index is 505. The Morgan fingerprint density at radius 3 is 2.32 bits per heavy atom. The van der Waals surface area contributed by atoms with Crippen LogP contribution in [0.5, 0.6) is 0 Å². The predicted octanol–water partition coefficient (Wildman–Crippen LogP) is 2.78. The average molecular weight is 281 g/mol. The van der Waals surface area contributed by atoms with E-state index in [1.165, 1.54) is 6.26 Å². The molecule has 0 saturated carbocycles. The van der Waals surface area contributed by atoms with Gasteiger partial charge in [-0.05, 0) is 37.0 Å². The summed E-state index contributed by atoms with van der Waals surface area (Å²) in [7, 11) is -3.10. The molecular formula is C15H23NO2S. The number of nitrogens with one attached hydrogen (secondary N) is 1. The van der Waals surface area contributed by atoms with E-state index in [1.54, 1.807) is 12.1 Å².